The van der Waals surface area contributed by atoms with Gasteiger partial charge in [-0.05, 0) is 37.5 Å². The topological polar surface area (TPSA) is 70.7 Å². The summed E-state index contributed by atoms with van der Waals surface area (Å²) in [6.45, 7) is 3.35. The molecular weight excluding hydrogens is 264 g/mol. The second kappa shape index (κ2) is 7.25. The van der Waals surface area contributed by atoms with Gasteiger partial charge in [-0.25, -0.2) is 4.98 Å². The van der Waals surface area contributed by atoms with Crippen LogP contribution in [0.15, 0.2) is 41.3 Å². The lowest BCUT2D eigenvalue weighted by Gasteiger charge is -2.07. The van der Waals surface area contributed by atoms with E-state index in [0.29, 0.717) is 18.1 Å². The predicted octanol–water partition coefficient (Wildman–Crippen LogP) is 2.32. The molecule has 2 heterocycles. The maximum absolute atomic E-state index is 11.5. The van der Waals surface area contributed by atoms with Gasteiger partial charge in [0, 0.05) is 25.4 Å². The summed E-state index contributed by atoms with van der Waals surface area (Å²) in [5.74, 6) is 0.717. The van der Waals surface area contributed by atoms with E-state index in [-0.39, 0.29) is 5.56 Å². The largest absolute Gasteiger partial charge is 0.370 e. The van der Waals surface area contributed by atoms with Crippen molar-refractivity contribution in [3.8, 4) is 6.07 Å². The average Bonchev–Trinajstić information content (AvgIpc) is 2.50. The number of anilines is 1. The van der Waals surface area contributed by atoms with Crippen molar-refractivity contribution in [1.82, 2.24) is 9.55 Å². The van der Waals surface area contributed by atoms with Crippen LogP contribution >= 0.6 is 0 Å². The molecule has 0 spiro atoms. The standard InChI is InChI=1S/C16H18N4O/c1-13-7-8-15(19-14(13)12-17)18-9-3-5-11-20-10-4-2-6-16(20)21/h2,4,6-8,10H,3,5,9,11H2,1H3,(H,18,19). The minimum atomic E-state index is 0.0318. The number of hydrogen-bond acceptors (Lipinski definition) is 4. The molecule has 1 N–H and O–H groups in total. The Balaban J connectivity index is 1.77. The number of unbranched alkanes of at least 4 members (excludes halogenated alkanes) is 1. The Labute approximate surface area is 123 Å². The van der Waals surface area contributed by atoms with Gasteiger partial charge < -0.3 is 9.88 Å². The van der Waals surface area contributed by atoms with Crippen molar-refractivity contribution in [2.45, 2.75) is 26.3 Å². The Morgan fingerprint density at radius 1 is 1.29 bits per heavy atom. The zero-order valence-corrected chi connectivity index (χ0v) is 12.0. The Bertz CT molecular complexity index is 700. The maximum atomic E-state index is 11.5. The van der Waals surface area contributed by atoms with Gasteiger partial charge in [0.25, 0.3) is 0 Å². The number of aryl methyl sites for hydroxylation is 2. The van der Waals surface area contributed by atoms with Crippen LogP contribution < -0.4 is 10.9 Å². The van der Waals surface area contributed by atoms with Crippen LogP contribution in [0.3, 0.4) is 0 Å². The van der Waals surface area contributed by atoms with E-state index in [9.17, 15) is 4.79 Å². The molecule has 2 aromatic rings. The van der Waals surface area contributed by atoms with Gasteiger partial charge in [0.2, 0.25) is 5.56 Å². The molecule has 0 aliphatic carbocycles. The first-order valence-electron chi connectivity index (χ1n) is 6.98. The highest BCUT2D eigenvalue weighted by atomic mass is 16.1. The number of hydrogen-bond donors (Lipinski definition) is 1. The smallest absolute Gasteiger partial charge is 0.250 e. The number of aromatic nitrogens is 2. The molecular formula is C16H18N4O. The summed E-state index contributed by atoms with van der Waals surface area (Å²) in [4.78, 5) is 15.7. The Morgan fingerprint density at radius 2 is 2.14 bits per heavy atom. The first kappa shape index (κ1) is 14.8. The lowest BCUT2D eigenvalue weighted by Crippen LogP contribution is -2.18. The summed E-state index contributed by atoms with van der Waals surface area (Å²) in [5.41, 5.74) is 1.37. The van der Waals surface area contributed by atoms with Crippen LogP contribution in [0.25, 0.3) is 0 Å². The van der Waals surface area contributed by atoms with Gasteiger partial charge in [-0.1, -0.05) is 12.1 Å². The van der Waals surface area contributed by atoms with Crippen LogP contribution in [0.4, 0.5) is 5.82 Å². The fourth-order valence-corrected chi connectivity index (χ4v) is 2.01. The molecule has 2 aromatic heterocycles. The van der Waals surface area contributed by atoms with E-state index in [0.717, 1.165) is 24.9 Å². The molecule has 21 heavy (non-hydrogen) atoms. The second-order valence-corrected chi connectivity index (χ2v) is 4.84. The van der Waals surface area contributed by atoms with Crippen LogP contribution in [0, 0.1) is 18.3 Å². The zero-order chi connectivity index (χ0) is 15.1. The Hall–Kier alpha value is -2.61. The molecule has 0 aromatic carbocycles. The normalized spacial score (nSPS) is 10.1. The fraction of sp³-hybridized carbons (Fsp3) is 0.312. The van der Waals surface area contributed by atoms with Crippen molar-refractivity contribution < 1.29 is 0 Å². The van der Waals surface area contributed by atoms with E-state index in [4.69, 9.17) is 5.26 Å². The average molecular weight is 282 g/mol. The van der Waals surface area contributed by atoms with E-state index in [1.807, 2.05) is 25.1 Å². The van der Waals surface area contributed by atoms with Gasteiger partial charge in [0.1, 0.15) is 17.6 Å². The first-order chi connectivity index (χ1) is 10.2. The third kappa shape index (κ3) is 4.18. The van der Waals surface area contributed by atoms with Gasteiger partial charge in [0.05, 0.1) is 0 Å². The van der Waals surface area contributed by atoms with Gasteiger partial charge >= 0.3 is 0 Å². The molecule has 5 heteroatoms. The van der Waals surface area contributed by atoms with Crippen molar-refractivity contribution >= 4 is 5.82 Å². The number of nitrogens with zero attached hydrogens (tertiary/aromatic N) is 3. The SMILES string of the molecule is Cc1ccc(NCCCCn2ccccc2=O)nc1C#N. The summed E-state index contributed by atoms with van der Waals surface area (Å²) in [7, 11) is 0. The van der Waals surface area contributed by atoms with Crippen molar-refractivity contribution in [3.05, 3.63) is 58.1 Å². The predicted molar refractivity (Wildman–Crippen MR) is 82.1 cm³/mol. The number of rotatable bonds is 6. The highest BCUT2D eigenvalue weighted by Gasteiger charge is 2.01. The highest BCUT2D eigenvalue weighted by molar-refractivity contribution is 5.42. The molecule has 0 saturated carbocycles. The first-order valence-corrected chi connectivity index (χ1v) is 6.98. The summed E-state index contributed by atoms with van der Waals surface area (Å²) < 4.78 is 1.71. The second-order valence-electron chi connectivity index (χ2n) is 4.84. The maximum Gasteiger partial charge on any atom is 0.250 e. The zero-order valence-electron chi connectivity index (χ0n) is 12.0. The molecule has 0 bridgehead atoms. The molecule has 2 rings (SSSR count). The molecule has 0 radical (unpaired) electrons. The van der Waals surface area contributed by atoms with E-state index in [1.165, 1.54) is 0 Å². The van der Waals surface area contributed by atoms with E-state index >= 15 is 0 Å². The van der Waals surface area contributed by atoms with Crippen LogP contribution in [-0.4, -0.2) is 16.1 Å². The van der Waals surface area contributed by atoms with Crippen LogP contribution in [0.2, 0.25) is 0 Å². The third-order valence-electron chi connectivity index (χ3n) is 3.23. The van der Waals surface area contributed by atoms with Crippen molar-refractivity contribution in [2.24, 2.45) is 0 Å². The van der Waals surface area contributed by atoms with E-state index in [1.54, 1.807) is 22.9 Å². The van der Waals surface area contributed by atoms with Crippen LogP contribution in [0.5, 0.6) is 0 Å². The summed E-state index contributed by atoms with van der Waals surface area (Å²) in [6.07, 6.45) is 3.64. The van der Waals surface area contributed by atoms with Gasteiger partial charge in [-0.2, -0.15) is 5.26 Å². The summed E-state index contributed by atoms with van der Waals surface area (Å²) >= 11 is 0. The fourth-order valence-electron chi connectivity index (χ4n) is 2.01. The molecule has 0 unspecified atom stereocenters. The Morgan fingerprint density at radius 3 is 2.90 bits per heavy atom. The van der Waals surface area contributed by atoms with Gasteiger partial charge in [-0.3, -0.25) is 4.79 Å². The minimum Gasteiger partial charge on any atom is -0.370 e. The van der Waals surface area contributed by atoms with Crippen molar-refractivity contribution in [3.63, 3.8) is 0 Å². The van der Waals surface area contributed by atoms with Gasteiger partial charge in [0.15, 0.2) is 0 Å². The summed E-state index contributed by atoms with van der Waals surface area (Å²) in [6, 6.07) is 11.0. The highest BCUT2D eigenvalue weighted by Crippen LogP contribution is 2.09. The Kier molecular flexibility index (Phi) is 5.10. The number of pyridine rings is 2. The molecule has 0 saturated heterocycles. The molecule has 5 nitrogen and oxygen atoms in total. The monoisotopic (exact) mass is 282 g/mol. The van der Waals surface area contributed by atoms with Gasteiger partial charge in [-0.15, -0.1) is 0 Å². The lowest BCUT2D eigenvalue weighted by molar-refractivity contribution is 0.604. The molecule has 108 valence electrons. The molecule has 0 amide bonds. The quantitative estimate of drug-likeness (QED) is 0.825. The van der Waals surface area contributed by atoms with E-state index in [2.05, 4.69) is 16.4 Å². The molecule has 0 atom stereocenters. The van der Waals surface area contributed by atoms with Crippen LogP contribution in [0.1, 0.15) is 24.1 Å². The minimum absolute atomic E-state index is 0.0318. The molecule has 0 aliphatic heterocycles. The molecule has 0 aliphatic rings. The number of nitrogens with one attached hydrogen (secondary N) is 1. The third-order valence-corrected chi connectivity index (χ3v) is 3.23. The lowest BCUT2D eigenvalue weighted by atomic mass is 10.2. The van der Waals surface area contributed by atoms with Crippen LogP contribution in [-0.2, 0) is 6.54 Å². The number of nitriles is 1. The van der Waals surface area contributed by atoms with Crippen molar-refractivity contribution in [1.29, 1.82) is 5.26 Å². The van der Waals surface area contributed by atoms with E-state index < -0.39 is 0 Å². The summed E-state index contributed by atoms with van der Waals surface area (Å²) in [5, 5.41) is 12.1. The molecule has 0 fully saturated rings. The van der Waals surface area contributed by atoms with Crippen molar-refractivity contribution in [2.75, 3.05) is 11.9 Å².